The number of alkyl carbamates (subject to hydrolysis) is 1. The lowest BCUT2D eigenvalue weighted by Gasteiger charge is -2.15. The first-order valence-corrected chi connectivity index (χ1v) is 9.70. The molecule has 2 atom stereocenters. The number of amides is 1. The molecular weight excluding hydrogens is 372 g/mol. The Morgan fingerprint density at radius 2 is 2.14 bits per heavy atom. The Balaban J connectivity index is 1.66. The summed E-state index contributed by atoms with van der Waals surface area (Å²) in [4.78, 5) is 27.9. The van der Waals surface area contributed by atoms with E-state index >= 15 is 0 Å². The number of fused-ring (bicyclic) bond motifs is 1. The number of amidine groups is 1. The summed E-state index contributed by atoms with van der Waals surface area (Å²) in [5.74, 6) is 0.373. The first-order chi connectivity index (χ1) is 13.7. The van der Waals surface area contributed by atoms with Gasteiger partial charge in [0.15, 0.2) is 0 Å². The molecule has 0 saturated heterocycles. The third-order valence-corrected chi connectivity index (χ3v) is 4.97. The summed E-state index contributed by atoms with van der Waals surface area (Å²) in [6.07, 6.45) is 3.36. The third-order valence-electron chi connectivity index (χ3n) is 4.97. The molecule has 0 aliphatic heterocycles. The minimum absolute atomic E-state index is 0.0357. The van der Waals surface area contributed by atoms with Crippen LogP contribution in [-0.2, 0) is 11.8 Å². The van der Waals surface area contributed by atoms with Gasteiger partial charge in [-0.05, 0) is 57.4 Å². The molecule has 1 amide bonds. The average Bonchev–Trinajstić information content (AvgIpc) is 3.19. The maximum atomic E-state index is 11.8. The summed E-state index contributed by atoms with van der Waals surface area (Å²) < 4.78 is 7.08. The SMILES string of the molecule is CC(C)NC(=O)O[C@@H]1CC[C@H](/C(N)=C/C(N)=Nc2ccc3c(=O)[nH]n(C)c3c2)C1. The molecule has 1 saturated carbocycles. The number of aromatic nitrogens is 2. The Hall–Kier alpha value is -3.23. The van der Waals surface area contributed by atoms with Gasteiger partial charge < -0.3 is 21.5 Å². The number of H-pyrrole nitrogens is 1. The molecule has 1 aromatic heterocycles. The molecule has 3 rings (SSSR count). The van der Waals surface area contributed by atoms with Crippen molar-refractivity contribution in [3.8, 4) is 0 Å². The second-order valence-corrected chi connectivity index (χ2v) is 7.72. The van der Waals surface area contributed by atoms with Crippen LogP contribution < -0.4 is 22.3 Å². The molecule has 29 heavy (non-hydrogen) atoms. The van der Waals surface area contributed by atoms with Crippen molar-refractivity contribution in [2.24, 2.45) is 29.4 Å². The lowest BCUT2D eigenvalue weighted by Crippen LogP contribution is -2.33. The maximum absolute atomic E-state index is 11.8. The number of hydrogen-bond donors (Lipinski definition) is 4. The highest BCUT2D eigenvalue weighted by molar-refractivity contribution is 5.94. The van der Waals surface area contributed by atoms with E-state index in [1.165, 1.54) is 0 Å². The fourth-order valence-electron chi connectivity index (χ4n) is 3.57. The Morgan fingerprint density at radius 3 is 2.86 bits per heavy atom. The van der Waals surface area contributed by atoms with Crippen molar-refractivity contribution in [1.82, 2.24) is 15.1 Å². The fourth-order valence-corrected chi connectivity index (χ4v) is 3.57. The molecule has 1 fully saturated rings. The van der Waals surface area contributed by atoms with Crippen molar-refractivity contribution in [1.29, 1.82) is 0 Å². The van der Waals surface area contributed by atoms with E-state index in [0.717, 1.165) is 18.4 Å². The molecule has 0 radical (unpaired) electrons. The van der Waals surface area contributed by atoms with Crippen LogP contribution in [0.25, 0.3) is 10.9 Å². The van der Waals surface area contributed by atoms with Gasteiger partial charge in [-0.1, -0.05) is 0 Å². The van der Waals surface area contributed by atoms with Gasteiger partial charge in [-0.25, -0.2) is 9.79 Å². The number of nitrogens with two attached hydrogens (primary N) is 2. The predicted molar refractivity (Wildman–Crippen MR) is 113 cm³/mol. The number of aryl methyl sites for hydroxylation is 1. The van der Waals surface area contributed by atoms with E-state index in [0.29, 0.717) is 23.2 Å². The topological polar surface area (TPSA) is 141 Å². The van der Waals surface area contributed by atoms with Gasteiger partial charge in [-0.2, -0.15) is 0 Å². The summed E-state index contributed by atoms with van der Waals surface area (Å²) >= 11 is 0. The number of rotatable bonds is 5. The number of carbonyl (C=O) groups is 1. The second-order valence-electron chi connectivity index (χ2n) is 7.72. The Bertz CT molecular complexity index is 1020. The highest BCUT2D eigenvalue weighted by Gasteiger charge is 2.29. The van der Waals surface area contributed by atoms with Crippen LogP contribution in [-0.4, -0.2) is 33.9 Å². The highest BCUT2D eigenvalue weighted by Crippen LogP contribution is 2.31. The zero-order chi connectivity index (χ0) is 21.1. The Morgan fingerprint density at radius 1 is 1.38 bits per heavy atom. The van der Waals surface area contributed by atoms with E-state index in [1.54, 1.807) is 36.0 Å². The van der Waals surface area contributed by atoms with Gasteiger partial charge in [0.1, 0.15) is 11.9 Å². The Labute approximate surface area is 168 Å². The van der Waals surface area contributed by atoms with Gasteiger partial charge in [-0.15, -0.1) is 0 Å². The summed E-state index contributed by atoms with van der Waals surface area (Å²) in [6, 6.07) is 5.28. The predicted octanol–water partition coefficient (Wildman–Crippen LogP) is 2.00. The molecule has 1 aliphatic rings. The van der Waals surface area contributed by atoms with E-state index in [9.17, 15) is 9.59 Å². The number of allylic oxidation sites excluding steroid dienone is 1. The van der Waals surface area contributed by atoms with Crippen molar-refractivity contribution in [2.75, 3.05) is 0 Å². The van der Waals surface area contributed by atoms with Gasteiger partial charge in [0, 0.05) is 24.7 Å². The van der Waals surface area contributed by atoms with E-state index in [-0.39, 0.29) is 29.5 Å². The van der Waals surface area contributed by atoms with Gasteiger partial charge in [0.25, 0.3) is 5.56 Å². The zero-order valence-electron chi connectivity index (χ0n) is 16.9. The summed E-state index contributed by atoms with van der Waals surface area (Å²) in [6.45, 7) is 3.77. The molecular formula is C20H28N6O3. The third kappa shape index (κ3) is 4.98. The monoisotopic (exact) mass is 400 g/mol. The summed E-state index contributed by atoms with van der Waals surface area (Å²) in [7, 11) is 1.76. The lowest BCUT2D eigenvalue weighted by molar-refractivity contribution is 0.0975. The van der Waals surface area contributed by atoms with Crippen LogP contribution in [0.5, 0.6) is 0 Å². The first-order valence-electron chi connectivity index (χ1n) is 9.70. The van der Waals surface area contributed by atoms with Gasteiger partial charge in [0.05, 0.1) is 16.6 Å². The van der Waals surface area contributed by atoms with Gasteiger partial charge in [0.2, 0.25) is 0 Å². The number of benzene rings is 1. The molecule has 0 spiro atoms. The molecule has 9 heteroatoms. The van der Waals surface area contributed by atoms with E-state index < -0.39 is 6.09 Å². The number of hydrogen-bond acceptors (Lipinski definition) is 5. The number of aliphatic imine (C=N–C) groups is 1. The van der Waals surface area contributed by atoms with Crippen LogP contribution in [0.1, 0.15) is 33.1 Å². The fraction of sp³-hybridized carbons (Fsp3) is 0.450. The van der Waals surface area contributed by atoms with E-state index in [2.05, 4.69) is 15.4 Å². The van der Waals surface area contributed by atoms with Crippen molar-refractivity contribution in [2.45, 2.75) is 45.3 Å². The molecule has 1 aliphatic carbocycles. The van der Waals surface area contributed by atoms with Crippen molar-refractivity contribution in [3.05, 3.63) is 40.3 Å². The second kappa shape index (κ2) is 8.42. The molecule has 6 N–H and O–H groups in total. The smallest absolute Gasteiger partial charge is 0.407 e. The largest absolute Gasteiger partial charge is 0.446 e. The minimum atomic E-state index is -0.399. The molecule has 0 bridgehead atoms. The molecule has 156 valence electrons. The van der Waals surface area contributed by atoms with Crippen LogP contribution in [0.3, 0.4) is 0 Å². The number of nitrogens with zero attached hydrogens (tertiary/aromatic N) is 2. The number of ether oxygens (including phenoxy) is 1. The van der Waals surface area contributed by atoms with Crippen LogP contribution in [0.4, 0.5) is 10.5 Å². The number of nitrogens with one attached hydrogen (secondary N) is 2. The van der Waals surface area contributed by atoms with E-state index in [4.69, 9.17) is 16.2 Å². The van der Waals surface area contributed by atoms with Crippen molar-refractivity contribution in [3.63, 3.8) is 0 Å². The summed E-state index contributed by atoms with van der Waals surface area (Å²) in [5.41, 5.74) is 14.1. The van der Waals surface area contributed by atoms with Crippen molar-refractivity contribution < 1.29 is 9.53 Å². The van der Waals surface area contributed by atoms with E-state index in [1.807, 2.05) is 13.8 Å². The zero-order valence-corrected chi connectivity index (χ0v) is 16.9. The quantitative estimate of drug-likeness (QED) is 0.449. The van der Waals surface area contributed by atoms with Crippen LogP contribution in [0.2, 0.25) is 0 Å². The molecule has 9 nitrogen and oxygen atoms in total. The van der Waals surface area contributed by atoms with Gasteiger partial charge >= 0.3 is 6.09 Å². The normalized spacial score (nSPS) is 20.4. The van der Waals surface area contributed by atoms with Crippen molar-refractivity contribution >= 4 is 28.5 Å². The number of aromatic amines is 1. The standard InChI is InChI=1S/C20H28N6O3/c1-11(2)23-20(28)29-14-6-4-12(8-14)16(21)10-18(22)24-13-5-7-15-17(9-13)26(3)25-19(15)27/h5,7,9-12,14H,4,6,8,21H2,1-3H3,(H2,22,24)(H,23,28)(H,25,27)/b16-10-/t12-,14+/m0/s1. The minimum Gasteiger partial charge on any atom is -0.446 e. The van der Waals surface area contributed by atoms with Crippen LogP contribution in [0.15, 0.2) is 39.8 Å². The van der Waals surface area contributed by atoms with Crippen LogP contribution in [0, 0.1) is 5.92 Å². The maximum Gasteiger partial charge on any atom is 0.407 e. The number of carbonyl (C=O) groups excluding carboxylic acids is 1. The van der Waals surface area contributed by atoms with Gasteiger partial charge in [-0.3, -0.25) is 14.6 Å². The Kier molecular flexibility index (Phi) is 5.95. The molecule has 0 unspecified atom stereocenters. The highest BCUT2D eigenvalue weighted by atomic mass is 16.6. The average molecular weight is 400 g/mol. The molecule has 2 aromatic rings. The lowest BCUT2D eigenvalue weighted by atomic mass is 10.0. The van der Waals surface area contributed by atoms with Crippen LogP contribution >= 0.6 is 0 Å². The first kappa shape index (κ1) is 20.5. The molecule has 1 aromatic carbocycles. The molecule has 1 heterocycles. The summed E-state index contributed by atoms with van der Waals surface area (Å²) in [5, 5.41) is 6.02.